The van der Waals surface area contributed by atoms with Crippen molar-refractivity contribution in [2.45, 2.75) is 25.5 Å². The van der Waals surface area contributed by atoms with E-state index in [0.717, 1.165) is 12.1 Å². The van der Waals surface area contributed by atoms with Gasteiger partial charge >= 0.3 is 0 Å². The molecule has 25 heavy (non-hydrogen) atoms. The Kier molecular flexibility index (Phi) is 7.34. The Morgan fingerprint density at radius 2 is 1.56 bits per heavy atom. The highest BCUT2D eigenvalue weighted by Crippen LogP contribution is 2.17. The molecule has 0 saturated carbocycles. The monoisotopic (exact) mass is 376 g/mol. The number of nitrogens with one attached hydrogen (secondary N) is 2. The fraction of sp³-hybridized carbons (Fsp3) is 0.263. The lowest BCUT2D eigenvalue weighted by atomic mass is 10.1. The lowest BCUT2D eigenvalue weighted by Crippen LogP contribution is -2.25. The number of benzene rings is 2. The summed E-state index contributed by atoms with van der Waals surface area (Å²) in [5.74, 6) is -0.0702. The van der Waals surface area contributed by atoms with E-state index in [0.29, 0.717) is 10.7 Å². The van der Waals surface area contributed by atoms with Crippen LogP contribution in [0.5, 0.6) is 0 Å². The second-order valence-electron chi connectivity index (χ2n) is 5.55. The van der Waals surface area contributed by atoms with E-state index in [1.165, 1.54) is 17.3 Å². The van der Waals surface area contributed by atoms with Gasteiger partial charge in [-0.2, -0.15) is 0 Å². The minimum absolute atomic E-state index is 0.117. The topological polar surface area (TPSA) is 58.2 Å². The summed E-state index contributed by atoms with van der Waals surface area (Å²) in [4.78, 5) is 24.2. The molecule has 6 heteroatoms. The highest BCUT2D eigenvalue weighted by atomic mass is 35.5. The van der Waals surface area contributed by atoms with Crippen LogP contribution in [0.4, 0.5) is 11.4 Å². The molecule has 2 rings (SSSR count). The molecular formula is C19H21ClN2O2S. The summed E-state index contributed by atoms with van der Waals surface area (Å²) in [5, 5.41) is 5.93. The predicted octanol–water partition coefficient (Wildman–Crippen LogP) is 4.60. The largest absolute Gasteiger partial charge is 0.325 e. The molecule has 4 nitrogen and oxygen atoms in total. The summed E-state index contributed by atoms with van der Waals surface area (Å²) in [6.45, 7) is 3.87. The summed E-state index contributed by atoms with van der Waals surface area (Å²) < 4.78 is 0. The molecule has 2 aromatic carbocycles. The van der Waals surface area contributed by atoms with Gasteiger partial charge in [0.25, 0.3) is 0 Å². The second kappa shape index (κ2) is 9.49. The van der Waals surface area contributed by atoms with Crippen LogP contribution < -0.4 is 10.6 Å². The van der Waals surface area contributed by atoms with Crippen molar-refractivity contribution in [2.75, 3.05) is 16.4 Å². The summed E-state index contributed by atoms with van der Waals surface area (Å²) >= 11 is 7.10. The fourth-order valence-corrected chi connectivity index (χ4v) is 2.88. The first-order valence-electron chi connectivity index (χ1n) is 8.04. The van der Waals surface area contributed by atoms with Crippen LogP contribution in [0.3, 0.4) is 0 Å². The van der Waals surface area contributed by atoms with Gasteiger partial charge in [0.1, 0.15) is 0 Å². The first-order valence-corrected chi connectivity index (χ1v) is 9.47. The third-order valence-corrected chi connectivity index (χ3v) is 4.99. The SMILES string of the molecule is CCc1ccc(NC(=O)C(C)SCC(=O)Nc2ccc(Cl)cc2)cc1. The molecule has 0 spiro atoms. The highest BCUT2D eigenvalue weighted by molar-refractivity contribution is 8.01. The number of amides is 2. The van der Waals surface area contributed by atoms with Crippen molar-refractivity contribution in [1.82, 2.24) is 0 Å². The van der Waals surface area contributed by atoms with Crippen molar-refractivity contribution in [1.29, 1.82) is 0 Å². The van der Waals surface area contributed by atoms with Crippen molar-refractivity contribution in [3.05, 3.63) is 59.1 Å². The Morgan fingerprint density at radius 3 is 2.16 bits per heavy atom. The molecule has 0 aliphatic heterocycles. The molecule has 0 fully saturated rings. The van der Waals surface area contributed by atoms with Crippen molar-refractivity contribution in [3.63, 3.8) is 0 Å². The van der Waals surface area contributed by atoms with Crippen LogP contribution >= 0.6 is 23.4 Å². The third-order valence-electron chi connectivity index (χ3n) is 3.59. The molecule has 0 heterocycles. The molecule has 2 amide bonds. The second-order valence-corrected chi connectivity index (χ2v) is 7.31. The lowest BCUT2D eigenvalue weighted by molar-refractivity contribution is -0.115. The summed E-state index contributed by atoms with van der Waals surface area (Å²) in [5.41, 5.74) is 2.67. The number of rotatable bonds is 7. The van der Waals surface area contributed by atoms with Gasteiger partial charge in [-0.1, -0.05) is 30.7 Å². The number of hydrogen-bond donors (Lipinski definition) is 2. The molecule has 132 valence electrons. The van der Waals surface area contributed by atoms with E-state index >= 15 is 0 Å². The molecule has 0 aliphatic carbocycles. The maximum absolute atomic E-state index is 12.2. The van der Waals surface area contributed by atoms with Crippen molar-refractivity contribution < 1.29 is 9.59 Å². The van der Waals surface area contributed by atoms with E-state index in [9.17, 15) is 9.59 Å². The number of carbonyl (C=O) groups is 2. The van der Waals surface area contributed by atoms with Gasteiger partial charge in [0.15, 0.2) is 0 Å². The molecule has 0 aliphatic rings. The number of hydrogen-bond acceptors (Lipinski definition) is 3. The summed E-state index contributed by atoms with van der Waals surface area (Å²) in [6, 6.07) is 14.7. The fourth-order valence-electron chi connectivity index (χ4n) is 2.07. The average molecular weight is 377 g/mol. The average Bonchev–Trinajstić information content (AvgIpc) is 2.62. The van der Waals surface area contributed by atoms with Crippen LogP contribution in [-0.2, 0) is 16.0 Å². The minimum Gasteiger partial charge on any atom is -0.325 e. The van der Waals surface area contributed by atoms with Gasteiger partial charge in [0.05, 0.1) is 11.0 Å². The molecular weight excluding hydrogens is 356 g/mol. The third kappa shape index (κ3) is 6.44. The van der Waals surface area contributed by atoms with E-state index in [-0.39, 0.29) is 22.8 Å². The van der Waals surface area contributed by atoms with E-state index < -0.39 is 0 Å². The predicted molar refractivity (Wildman–Crippen MR) is 106 cm³/mol. The maximum Gasteiger partial charge on any atom is 0.237 e. The van der Waals surface area contributed by atoms with Crippen LogP contribution in [0.2, 0.25) is 5.02 Å². The Bertz CT molecular complexity index is 717. The zero-order chi connectivity index (χ0) is 18.2. The van der Waals surface area contributed by atoms with Crippen molar-refractivity contribution >= 4 is 46.6 Å². The zero-order valence-electron chi connectivity index (χ0n) is 14.2. The van der Waals surface area contributed by atoms with Gasteiger partial charge in [-0.3, -0.25) is 9.59 Å². The number of thioether (sulfide) groups is 1. The van der Waals surface area contributed by atoms with Gasteiger partial charge in [-0.15, -0.1) is 11.8 Å². The van der Waals surface area contributed by atoms with Crippen LogP contribution in [0.1, 0.15) is 19.4 Å². The maximum atomic E-state index is 12.2. The Labute approximate surface area is 157 Å². The van der Waals surface area contributed by atoms with E-state index in [1.807, 2.05) is 24.3 Å². The Hall–Kier alpha value is -1.98. The van der Waals surface area contributed by atoms with Gasteiger partial charge < -0.3 is 10.6 Å². The van der Waals surface area contributed by atoms with Crippen LogP contribution in [0.25, 0.3) is 0 Å². The van der Waals surface area contributed by atoms with E-state index in [2.05, 4.69) is 17.6 Å². The number of carbonyl (C=O) groups excluding carboxylic acids is 2. The Morgan fingerprint density at radius 1 is 1.00 bits per heavy atom. The van der Waals surface area contributed by atoms with Crippen LogP contribution in [0, 0.1) is 0 Å². The van der Waals surface area contributed by atoms with E-state index in [1.54, 1.807) is 31.2 Å². The quantitative estimate of drug-likeness (QED) is 0.742. The highest BCUT2D eigenvalue weighted by Gasteiger charge is 2.15. The van der Waals surface area contributed by atoms with Crippen molar-refractivity contribution in [3.8, 4) is 0 Å². The first kappa shape index (κ1) is 19.3. The molecule has 0 radical (unpaired) electrons. The minimum atomic E-state index is -0.332. The molecule has 2 N–H and O–H groups in total. The van der Waals surface area contributed by atoms with Gasteiger partial charge in [0.2, 0.25) is 11.8 Å². The van der Waals surface area contributed by atoms with Gasteiger partial charge in [-0.05, 0) is 55.3 Å². The van der Waals surface area contributed by atoms with Gasteiger partial charge in [-0.25, -0.2) is 0 Å². The number of anilines is 2. The summed E-state index contributed by atoms with van der Waals surface area (Å²) in [7, 11) is 0. The van der Waals surface area contributed by atoms with Crippen LogP contribution in [-0.4, -0.2) is 22.8 Å². The molecule has 0 aromatic heterocycles. The molecule has 2 aromatic rings. The normalized spacial score (nSPS) is 11.6. The Balaban J connectivity index is 1.77. The first-order chi connectivity index (χ1) is 12.0. The van der Waals surface area contributed by atoms with Gasteiger partial charge in [0, 0.05) is 16.4 Å². The van der Waals surface area contributed by atoms with Crippen LogP contribution in [0.15, 0.2) is 48.5 Å². The molecule has 0 saturated heterocycles. The lowest BCUT2D eigenvalue weighted by Gasteiger charge is -2.12. The van der Waals surface area contributed by atoms with Crippen molar-refractivity contribution in [2.24, 2.45) is 0 Å². The van der Waals surface area contributed by atoms with E-state index in [4.69, 9.17) is 11.6 Å². The molecule has 1 unspecified atom stereocenters. The molecule has 1 atom stereocenters. The number of halogens is 1. The smallest absolute Gasteiger partial charge is 0.237 e. The number of aryl methyl sites for hydroxylation is 1. The summed E-state index contributed by atoms with van der Waals surface area (Å²) in [6.07, 6.45) is 0.962. The standard InChI is InChI=1S/C19H21ClN2O2S/c1-3-14-4-8-17(9-5-14)22-19(24)13(2)25-12-18(23)21-16-10-6-15(20)7-11-16/h4-11,13H,3,12H2,1-2H3,(H,21,23)(H,22,24). The molecule has 0 bridgehead atoms. The zero-order valence-corrected chi connectivity index (χ0v) is 15.8.